The second-order valence-corrected chi connectivity index (χ2v) is 17.4. The van der Waals surface area contributed by atoms with E-state index in [1.165, 1.54) is 0 Å². The number of hydrogen-bond acceptors (Lipinski definition) is 8. The van der Waals surface area contributed by atoms with E-state index in [0.717, 1.165) is 59.6 Å². The number of ether oxygens (including phenoxy) is 1. The van der Waals surface area contributed by atoms with Gasteiger partial charge >= 0.3 is 12.1 Å². The maximum absolute atomic E-state index is 13.8. The van der Waals surface area contributed by atoms with Gasteiger partial charge in [-0.3, -0.25) is 19.3 Å². The Bertz CT molecular complexity index is 2260. The summed E-state index contributed by atoms with van der Waals surface area (Å²) in [6.45, 7) is 11.5. The molecule has 2 N–H and O–H groups in total. The van der Waals surface area contributed by atoms with Crippen LogP contribution in [0.5, 0.6) is 0 Å². The Kier molecular flexibility index (Phi) is 10.9. The largest absolute Gasteiger partial charge is 0.481 e. The lowest BCUT2D eigenvalue weighted by Gasteiger charge is -2.41. The first kappa shape index (κ1) is 40.2. The van der Waals surface area contributed by atoms with Gasteiger partial charge in [-0.1, -0.05) is 41.9 Å². The highest BCUT2D eigenvalue weighted by atomic mass is 35.5. The van der Waals surface area contributed by atoms with Crippen molar-refractivity contribution in [2.45, 2.75) is 104 Å². The molecule has 0 saturated heterocycles. The zero-order chi connectivity index (χ0) is 41.0. The summed E-state index contributed by atoms with van der Waals surface area (Å²) in [4.78, 5) is 65.5. The number of nitrogens with one attached hydrogen (secondary N) is 1. The number of halogens is 1. The fraction of sp³-hybridized carbons (Fsp3) is 0.488. The van der Waals surface area contributed by atoms with Gasteiger partial charge in [0.05, 0.1) is 28.4 Å². The van der Waals surface area contributed by atoms with Crippen molar-refractivity contribution in [3.63, 3.8) is 0 Å². The third-order valence-corrected chi connectivity index (χ3v) is 12.5. The number of aliphatic carboxylic acids is 1. The van der Waals surface area contributed by atoms with Gasteiger partial charge in [0.15, 0.2) is 11.6 Å². The molecule has 7 rings (SSSR count). The number of anilines is 1. The molecular weight excluding hydrogens is 746 g/mol. The van der Waals surface area contributed by atoms with Crippen LogP contribution in [0.1, 0.15) is 109 Å². The lowest BCUT2D eigenvalue weighted by Crippen LogP contribution is -2.44. The number of carbonyl (C=O) groups is 4. The second kappa shape index (κ2) is 15.4. The van der Waals surface area contributed by atoms with Gasteiger partial charge in [-0.05, 0) is 83.1 Å². The van der Waals surface area contributed by atoms with Crippen LogP contribution in [-0.2, 0) is 56.0 Å². The Morgan fingerprint density at radius 1 is 0.912 bits per heavy atom. The Labute approximate surface area is 338 Å². The molecule has 2 amide bonds. The minimum Gasteiger partial charge on any atom is -0.481 e. The predicted molar refractivity (Wildman–Crippen MR) is 216 cm³/mol. The molecule has 14 heteroatoms. The van der Waals surface area contributed by atoms with Crippen molar-refractivity contribution in [1.82, 2.24) is 28.9 Å². The van der Waals surface area contributed by atoms with Crippen LogP contribution in [0.25, 0.3) is 11.1 Å². The molecule has 302 valence electrons. The summed E-state index contributed by atoms with van der Waals surface area (Å²) < 4.78 is 9.26. The normalized spacial score (nSPS) is 19.8. The van der Waals surface area contributed by atoms with Crippen molar-refractivity contribution >= 4 is 41.0 Å². The summed E-state index contributed by atoms with van der Waals surface area (Å²) in [5.74, 6) is -0.572. The fourth-order valence-corrected chi connectivity index (χ4v) is 8.85. The number of carboxylic acid groups (broad SMARTS) is 1. The molecule has 0 radical (unpaired) electrons. The van der Waals surface area contributed by atoms with Gasteiger partial charge in [-0.25, -0.2) is 14.8 Å². The van der Waals surface area contributed by atoms with Crippen LogP contribution in [0, 0.1) is 12.3 Å². The quantitative estimate of drug-likeness (QED) is 0.177. The average molecular weight is 798 g/mol. The molecule has 0 bridgehead atoms. The molecule has 1 saturated carbocycles. The number of carbonyl (C=O) groups excluding carboxylic acids is 3. The molecule has 13 nitrogen and oxygen atoms in total. The molecule has 2 aromatic carbocycles. The highest BCUT2D eigenvalue weighted by molar-refractivity contribution is 6.34. The van der Waals surface area contributed by atoms with E-state index in [0.29, 0.717) is 72.0 Å². The van der Waals surface area contributed by atoms with Crippen molar-refractivity contribution in [3.8, 4) is 11.1 Å². The Morgan fingerprint density at radius 3 is 2.21 bits per heavy atom. The van der Waals surface area contributed by atoms with Crippen LogP contribution in [0.2, 0.25) is 5.02 Å². The smallest absolute Gasteiger partial charge is 0.410 e. The number of carboxylic acids is 1. The molecule has 0 spiro atoms. The summed E-state index contributed by atoms with van der Waals surface area (Å²) in [5.41, 5.74) is 5.92. The van der Waals surface area contributed by atoms with E-state index in [1.807, 2.05) is 94.2 Å². The first-order chi connectivity index (χ1) is 26.9. The van der Waals surface area contributed by atoms with Crippen LogP contribution in [0.15, 0.2) is 36.4 Å². The highest BCUT2D eigenvalue weighted by Gasteiger charge is 2.40. The molecule has 4 heterocycles. The lowest BCUT2D eigenvalue weighted by molar-refractivity contribution is -0.150. The molecule has 2 aliphatic heterocycles. The van der Waals surface area contributed by atoms with E-state index in [9.17, 15) is 24.3 Å². The standard InChI is InChI=1S/C43H52ClN7O6/c1-25-28(29-12-8-10-26(36(29)44)22-35(52)37-45-32-24-51(21-17-33(32)48(37)6)41(56)57-42(2,3)4)11-9-13-30(25)47-39(53)38-46-31-23-50(20-16-34(31)49(38)7)27-14-18-43(5,19-15-27)40(54)55/h8-13,27H,14-24H2,1-7H3,(H,47,53)(H,54,55). The van der Waals surface area contributed by atoms with Crippen molar-refractivity contribution < 1.29 is 29.0 Å². The monoisotopic (exact) mass is 797 g/mol. The van der Waals surface area contributed by atoms with Crippen molar-refractivity contribution in [2.24, 2.45) is 19.5 Å². The van der Waals surface area contributed by atoms with Crippen LogP contribution in [0.4, 0.5) is 10.5 Å². The van der Waals surface area contributed by atoms with E-state index in [-0.39, 0.29) is 24.7 Å². The molecule has 2 aromatic heterocycles. The maximum atomic E-state index is 13.8. The number of aromatic nitrogens is 4. The van der Waals surface area contributed by atoms with E-state index < -0.39 is 23.1 Å². The Hall–Kier alpha value is -5.01. The van der Waals surface area contributed by atoms with Crippen LogP contribution >= 0.6 is 11.6 Å². The van der Waals surface area contributed by atoms with Crippen molar-refractivity contribution in [2.75, 3.05) is 18.4 Å². The summed E-state index contributed by atoms with van der Waals surface area (Å²) in [6, 6.07) is 11.6. The molecular formula is C43H52ClN7O6. The Balaban J connectivity index is 1.04. The third-order valence-electron chi connectivity index (χ3n) is 12.0. The summed E-state index contributed by atoms with van der Waals surface area (Å²) in [6.07, 6.45) is 3.94. The number of hydrogen-bond donors (Lipinski definition) is 2. The first-order valence-electron chi connectivity index (χ1n) is 19.7. The summed E-state index contributed by atoms with van der Waals surface area (Å²) in [5, 5.41) is 13.2. The van der Waals surface area contributed by atoms with Crippen LogP contribution < -0.4 is 5.32 Å². The van der Waals surface area contributed by atoms with Gasteiger partial charge in [0.25, 0.3) is 5.91 Å². The van der Waals surface area contributed by atoms with Gasteiger partial charge in [0, 0.05) is 81.7 Å². The van der Waals surface area contributed by atoms with Crippen LogP contribution in [-0.4, -0.2) is 82.5 Å². The minimum absolute atomic E-state index is 0.0331. The molecule has 57 heavy (non-hydrogen) atoms. The summed E-state index contributed by atoms with van der Waals surface area (Å²) >= 11 is 7.05. The fourth-order valence-electron chi connectivity index (χ4n) is 8.56. The van der Waals surface area contributed by atoms with Gasteiger partial charge in [-0.2, -0.15) is 0 Å². The molecule has 0 atom stereocenters. The van der Waals surface area contributed by atoms with E-state index in [2.05, 4.69) is 15.2 Å². The summed E-state index contributed by atoms with van der Waals surface area (Å²) in [7, 11) is 3.71. The van der Waals surface area contributed by atoms with E-state index >= 15 is 0 Å². The number of Topliss-reactive ketones (excluding diaryl/α,β-unsaturated/α-hetero) is 1. The van der Waals surface area contributed by atoms with Crippen molar-refractivity contribution in [1.29, 1.82) is 0 Å². The average Bonchev–Trinajstić information content (AvgIpc) is 3.68. The number of nitrogens with zero attached hydrogens (tertiary/aromatic N) is 6. The second-order valence-electron chi connectivity index (χ2n) is 17.1. The van der Waals surface area contributed by atoms with Crippen molar-refractivity contribution in [3.05, 3.63) is 87.0 Å². The van der Waals surface area contributed by atoms with Crippen LogP contribution in [0.3, 0.4) is 0 Å². The molecule has 1 fully saturated rings. The number of imidazole rings is 2. The molecule has 1 aliphatic carbocycles. The zero-order valence-electron chi connectivity index (χ0n) is 33.9. The number of fused-ring (bicyclic) bond motifs is 2. The molecule has 3 aliphatic rings. The maximum Gasteiger partial charge on any atom is 0.410 e. The number of rotatable bonds is 8. The zero-order valence-corrected chi connectivity index (χ0v) is 34.6. The highest BCUT2D eigenvalue weighted by Crippen LogP contribution is 2.40. The number of amides is 2. The lowest BCUT2D eigenvalue weighted by atomic mass is 9.73. The predicted octanol–water partition coefficient (Wildman–Crippen LogP) is 7.14. The van der Waals surface area contributed by atoms with Gasteiger partial charge in [0.2, 0.25) is 5.78 Å². The van der Waals surface area contributed by atoms with E-state index in [1.54, 1.807) is 4.90 Å². The molecule has 0 unspecified atom stereocenters. The van der Waals surface area contributed by atoms with Gasteiger partial charge < -0.3 is 29.2 Å². The topological polar surface area (TPSA) is 152 Å². The van der Waals surface area contributed by atoms with Gasteiger partial charge in [0.1, 0.15) is 5.60 Å². The number of benzene rings is 2. The minimum atomic E-state index is -0.719. The van der Waals surface area contributed by atoms with Gasteiger partial charge in [-0.15, -0.1) is 0 Å². The number of ketones is 1. The SMILES string of the molecule is Cc1c(NC(=O)c2nc3c(n2C)CCN(C2CCC(C)(C(=O)O)CC2)C3)cccc1-c1cccc(CC(=O)c2nc3c(n2C)CCN(C(=O)OC(C)(C)C)C3)c1Cl. The molecule has 4 aromatic rings. The first-order valence-corrected chi connectivity index (χ1v) is 20.1. The third kappa shape index (κ3) is 7.96. The Morgan fingerprint density at radius 2 is 1.53 bits per heavy atom. The van der Waals surface area contributed by atoms with E-state index in [4.69, 9.17) is 21.3 Å².